The molecule has 1 aromatic carbocycles. The van der Waals surface area contributed by atoms with E-state index in [1.165, 1.54) is 14.2 Å². The van der Waals surface area contributed by atoms with Gasteiger partial charge in [-0.1, -0.05) is 29.8 Å². The third-order valence-electron chi connectivity index (χ3n) is 5.70. The molecule has 0 fully saturated rings. The zero-order valence-electron chi connectivity index (χ0n) is 18.9. The van der Waals surface area contributed by atoms with Crippen molar-refractivity contribution in [2.45, 2.75) is 25.7 Å². The SMILES string of the molecule is COCCN1C(C)=C(C(=O)OC)C(CCOC)(c2ccccc2Cl)C(C(=O)OC)=C1C. The molecular formula is C23H30ClNO6. The van der Waals surface area contributed by atoms with Crippen molar-refractivity contribution in [3.05, 3.63) is 57.4 Å². The number of ether oxygens (including phenoxy) is 4. The second-order valence-corrected chi connectivity index (χ2v) is 7.58. The average molecular weight is 452 g/mol. The Labute approximate surface area is 188 Å². The van der Waals surface area contributed by atoms with Crippen molar-refractivity contribution in [1.82, 2.24) is 4.90 Å². The van der Waals surface area contributed by atoms with Crippen LogP contribution in [0.5, 0.6) is 0 Å². The number of methoxy groups -OCH3 is 4. The molecule has 0 aromatic heterocycles. The summed E-state index contributed by atoms with van der Waals surface area (Å²) in [5.41, 5.74) is 1.35. The number of hydrogen-bond donors (Lipinski definition) is 0. The van der Waals surface area contributed by atoms with Crippen molar-refractivity contribution in [1.29, 1.82) is 0 Å². The quantitative estimate of drug-likeness (QED) is 0.532. The molecule has 1 aromatic rings. The topological polar surface area (TPSA) is 74.3 Å². The lowest BCUT2D eigenvalue weighted by Gasteiger charge is -2.45. The van der Waals surface area contributed by atoms with Gasteiger partial charge in [0, 0.05) is 43.8 Å². The first kappa shape index (κ1) is 24.9. The van der Waals surface area contributed by atoms with Crippen LogP contribution in [-0.4, -0.2) is 65.0 Å². The molecule has 2 rings (SSSR count). The number of rotatable bonds is 9. The van der Waals surface area contributed by atoms with Crippen LogP contribution in [-0.2, 0) is 34.0 Å². The molecule has 0 N–H and O–H groups in total. The number of hydrogen-bond acceptors (Lipinski definition) is 7. The predicted octanol–water partition coefficient (Wildman–Crippen LogP) is 3.47. The van der Waals surface area contributed by atoms with Crippen LogP contribution in [0.3, 0.4) is 0 Å². The largest absolute Gasteiger partial charge is 0.466 e. The minimum atomic E-state index is -1.22. The summed E-state index contributed by atoms with van der Waals surface area (Å²) in [6, 6.07) is 7.17. The first-order valence-corrected chi connectivity index (χ1v) is 10.3. The zero-order chi connectivity index (χ0) is 23.2. The minimum absolute atomic E-state index is 0.269. The van der Waals surface area contributed by atoms with Gasteiger partial charge in [0.1, 0.15) is 0 Å². The fourth-order valence-corrected chi connectivity index (χ4v) is 4.64. The molecule has 7 nitrogen and oxygen atoms in total. The van der Waals surface area contributed by atoms with E-state index in [2.05, 4.69) is 0 Å². The number of carbonyl (C=O) groups is 2. The van der Waals surface area contributed by atoms with Gasteiger partial charge in [0.2, 0.25) is 0 Å². The number of allylic oxidation sites excluding steroid dienone is 2. The third kappa shape index (κ3) is 4.49. The summed E-state index contributed by atoms with van der Waals surface area (Å²) in [5.74, 6) is -1.10. The van der Waals surface area contributed by atoms with Crippen molar-refractivity contribution >= 4 is 23.5 Å². The van der Waals surface area contributed by atoms with Crippen molar-refractivity contribution in [3.8, 4) is 0 Å². The summed E-state index contributed by atoms with van der Waals surface area (Å²) >= 11 is 6.64. The highest BCUT2D eigenvalue weighted by molar-refractivity contribution is 6.31. The molecule has 0 aliphatic carbocycles. The van der Waals surface area contributed by atoms with Crippen LogP contribution in [0.1, 0.15) is 25.8 Å². The summed E-state index contributed by atoms with van der Waals surface area (Å²) in [5, 5.41) is 0.423. The molecule has 1 aliphatic rings. The Bertz CT molecular complexity index is 852. The van der Waals surface area contributed by atoms with Crippen LogP contribution in [0, 0.1) is 0 Å². The molecule has 8 heteroatoms. The van der Waals surface area contributed by atoms with E-state index in [1.807, 2.05) is 30.9 Å². The molecule has 0 unspecified atom stereocenters. The summed E-state index contributed by atoms with van der Waals surface area (Å²) in [6.07, 6.45) is 0.287. The smallest absolute Gasteiger partial charge is 0.336 e. The first-order valence-electron chi connectivity index (χ1n) is 9.91. The Kier molecular flexibility index (Phi) is 8.68. The molecule has 0 atom stereocenters. The van der Waals surface area contributed by atoms with Gasteiger partial charge in [-0.05, 0) is 31.9 Å². The molecule has 1 aliphatic heterocycles. The molecule has 0 saturated heterocycles. The molecule has 1 heterocycles. The van der Waals surface area contributed by atoms with Crippen LogP contribution < -0.4 is 0 Å². The second kappa shape index (κ2) is 10.8. The standard InChI is InChI=1S/C23H30ClNO6/c1-15-19(21(26)30-5)23(11-13-28-3,17-9-7-8-10-18(17)24)20(22(27)31-6)16(2)25(15)12-14-29-4/h7-10H,11-14H2,1-6H3. The lowest BCUT2D eigenvalue weighted by Crippen LogP contribution is -2.47. The Morgan fingerprint density at radius 1 is 0.903 bits per heavy atom. The second-order valence-electron chi connectivity index (χ2n) is 7.18. The minimum Gasteiger partial charge on any atom is -0.466 e. The molecule has 31 heavy (non-hydrogen) atoms. The lowest BCUT2D eigenvalue weighted by atomic mass is 9.63. The fraction of sp³-hybridized carbons (Fsp3) is 0.478. The van der Waals surface area contributed by atoms with Crippen LogP contribution in [0.4, 0.5) is 0 Å². The lowest BCUT2D eigenvalue weighted by molar-refractivity contribution is -0.138. The van der Waals surface area contributed by atoms with E-state index >= 15 is 0 Å². The van der Waals surface area contributed by atoms with Gasteiger partial charge in [0.25, 0.3) is 0 Å². The van der Waals surface area contributed by atoms with Gasteiger partial charge in [-0.15, -0.1) is 0 Å². The molecule has 0 saturated carbocycles. The monoisotopic (exact) mass is 451 g/mol. The molecule has 0 radical (unpaired) electrons. The van der Waals surface area contributed by atoms with Gasteiger partial charge in [-0.25, -0.2) is 9.59 Å². The first-order chi connectivity index (χ1) is 14.8. The Morgan fingerprint density at radius 3 is 1.87 bits per heavy atom. The average Bonchev–Trinajstić information content (AvgIpc) is 2.77. The summed E-state index contributed by atoms with van der Waals surface area (Å²) in [7, 11) is 5.80. The maximum Gasteiger partial charge on any atom is 0.336 e. The molecule has 0 spiro atoms. The molecule has 0 amide bonds. The highest BCUT2D eigenvalue weighted by Gasteiger charge is 2.53. The van der Waals surface area contributed by atoms with Crippen molar-refractivity contribution in [2.24, 2.45) is 0 Å². The third-order valence-corrected chi connectivity index (χ3v) is 6.03. The Hall–Kier alpha value is -2.35. The van der Waals surface area contributed by atoms with E-state index in [1.54, 1.807) is 26.4 Å². The maximum atomic E-state index is 13.2. The van der Waals surface area contributed by atoms with Gasteiger partial charge < -0.3 is 23.8 Å². The molecule has 0 bridgehead atoms. The van der Waals surface area contributed by atoms with E-state index in [0.29, 0.717) is 46.3 Å². The number of carbonyl (C=O) groups excluding carboxylic acids is 2. The van der Waals surface area contributed by atoms with Crippen molar-refractivity contribution < 1.29 is 28.5 Å². The van der Waals surface area contributed by atoms with E-state index in [0.717, 1.165) is 0 Å². The van der Waals surface area contributed by atoms with E-state index in [4.69, 9.17) is 30.5 Å². The highest BCUT2D eigenvalue weighted by Crippen LogP contribution is 2.51. The normalized spacial score (nSPS) is 15.9. The van der Waals surface area contributed by atoms with E-state index in [-0.39, 0.29) is 13.0 Å². The van der Waals surface area contributed by atoms with Crippen molar-refractivity contribution in [3.63, 3.8) is 0 Å². The van der Waals surface area contributed by atoms with Crippen LogP contribution in [0.2, 0.25) is 5.02 Å². The van der Waals surface area contributed by atoms with Crippen LogP contribution >= 0.6 is 11.6 Å². The number of nitrogens with zero attached hydrogens (tertiary/aromatic N) is 1. The Morgan fingerprint density at radius 2 is 1.42 bits per heavy atom. The fourth-order valence-electron chi connectivity index (χ4n) is 4.35. The van der Waals surface area contributed by atoms with Gasteiger partial charge in [0.05, 0.1) is 37.4 Å². The van der Waals surface area contributed by atoms with E-state index < -0.39 is 17.4 Å². The van der Waals surface area contributed by atoms with Gasteiger partial charge in [-0.2, -0.15) is 0 Å². The van der Waals surface area contributed by atoms with Crippen molar-refractivity contribution in [2.75, 3.05) is 48.2 Å². The number of halogens is 1. The highest BCUT2D eigenvalue weighted by atomic mass is 35.5. The Balaban J connectivity index is 3.01. The summed E-state index contributed by atoms with van der Waals surface area (Å²) in [6.45, 7) is 4.77. The van der Waals surface area contributed by atoms with Gasteiger partial charge in [-0.3, -0.25) is 0 Å². The number of esters is 2. The molecular weight excluding hydrogens is 422 g/mol. The van der Waals surface area contributed by atoms with Crippen LogP contribution in [0.25, 0.3) is 0 Å². The van der Waals surface area contributed by atoms with Crippen LogP contribution in [0.15, 0.2) is 46.8 Å². The van der Waals surface area contributed by atoms with Gasteiger partial charge in [0.15, 0.2) is 0 Å². The zero-order valence-corrected chi connectivity index (χ0v) is 19.7. The molecule has 170 valence electrons. The number of benzene rings is 1. The predicted molar refractivity (Wildman–Crippen MR) is 118 cm³/mol. The summed E-state index contributed by atoms with van der Waals surface area (Å²) < 4.78 is 21.0. The van der Waals surface area contributed by atoms with Gasteiger partial charge >= 0.3 is 11.9 Å². The van der Waals surface area contributed by atoms with E-state index in [9.17, 15) is 9.59 Å². The maximum absolute atomic E-state index is 13.2. The summed E-state index contributed by atoms with van der Waals surface area (Å²) in [4.78, 5) is 28.3.